The molecule has 1 aromatic rings. The number of carbonyl (C=O) groups is 1. The van der Waals surface area contributed by atoms with Gasteiger partial charge in [0.2, 0.25) is 5.91 Å². The molecule has 0 bridgehead atoms. The number of benzene rings is 1. The van der Waals surface area contributed by atoms with E-state index < -0.39 is 0 Å². The normalized spacial score (nSPS) is 10.9. The smallest absolute Gasteiger partial charge is 0.242 e. The van der Waals surface area contributed by atoms with Crippen LogP contribution < -0.4 is 5.32 Å². The zero-order valence-electron chi connectivity index (χ0n) is 13.2. The highest BCUT2D eigenvalue weighted by Gasteiger charge is 2.21. The Morgan fingerprint density at radius 1 is 1.15 bits per heavy atom. The minimum atomic E-state index is 0.191. The molecule has 3 nitrogen and oxygen atoms in total. The largest absolute Gasteiger partial charge is 0.376 e. The monoisotopic (exact) mass is 276 g/mol. The van der Waals surface area contributed by atoms with E-state index >= 15 is 0 Å². The molecular formula is C17H28N2O. The van der Waals surface area contributed by atoms with Gasteiger partial charge in [0.1, 0.15) is 0 Å². The Hall–Kier alpha value is -1.51. The molecule has 0 aliphatic heterocycles. The van der Waals surface area contributed by atoms with Crippen molar-refractivity contribution in [1.29, 1.82) is 0 Å². The van der Waals surface area contributed by atoms with Crippen molar-refractivity contribution < 1.29 is 4.79 Å². The molecule has 1 N–H and O–H groups in total. The van der Waals surface area contributed by atoms with Crippen LogP contribution in [0.3, 0.4) is 0 Å². The quantitative estimate of drug-likeness (QED) is 0.784. The van der Waals surface area contributed by atoms with Crippen molar-refractivity contribution >= 4 is 11.6 Å². The molecule has 0 spiro atoms. The average Bonchev–Trinajstić information content (AvgIpc) is 2.45. The predicted octanol–water partition coefficient (Wildman–Crippen LogP) is 3.77. The van der Waals surface area contributed by atoms with Crippen molar-refractivity contribution in [2.45, 2.75) is 46.6 Å². The highest BCUT2D eigenvalue weighted by atomic mass is 16.2. The summed E-state index contributed by atoms with van der Waals surface area (Å²) in [6, 6.07) is 10.2. The molecule has 112 valence electrons. The fraction of sp³-hybridized carbons (Fsp3) is 0.588. The van der Waals surface area contributed by atoms with Gasteiger partial charge in [0.05, 0.1) is 6.54 Å². The van der Waals surface area contributed by atoms with E-state index in [1.807, 2.05) is 35.2 Å². The zero-order chi connectivity index (χ0) is 15.0. The standard InChI is InChI=1S/C17H28N2O/c1-5-16(6-2)19(13-14(3)4)17(20)12-18-15-10-8-7-9-11-15/h7-11,14,16,18H,5-6,12-13H2,1-4H3. The lowest BCUT2D eigenvalue weighted by Gasteiger charge is -2.32. The third kappa shape index (κ3) is 5.24. The zero-order valence-corrected chi connectivity index (χ0v) is 13.2. The third-order valence-corrected chi connectivity index (χ3v) is 3.48. The second-order valence-corrected chi connectivity index (χ2v) is 5.63. The number of hydrogen-bond acceptors (Lipinski definition) is 2. The molecule has 0 aliphatic rings. The summed E-state index contributed by atoms with van der Waals surface area (Å²) < 4.78 is 0. The molecule has 0 unspecified atom stereocenters. The summed E-state index contributed by atoms with van der Waals surface area (Å²) >= 11 is 0. The lowest BCUT2D eigenvalue weighted by Crippen LogP contribution is -2.44. The molecule has 1 rings (SSSR count). The Bertz CT molecular complexity index is 385. The van der Waals surface area contributed by atoms with E-state index in [1.165, 1.54) is 0 Å². The van der Waals surface area contributed by atoms with Gasteiger partial charge in [-0.05, 0) is 30.9 Å². The van der Waals surface area contributed by atoms with E-state index in [0.717, 1.165) is 25.1 Å². The van der Waals surface area contributed by atoms with Crippen molar-refractivity contribution in [3.05, 3.63) is 30.3 Å². The molecule has 0 atom stereocenters. The Morgan fingerprint density at radius 2 is 1.75 bits per heavy atom. The maximum absolute atomic E-state index is 12.5. The first-order valence-corrected chi connectivity index (χ1v) is 7.66. The van der Waals surface area contributed by atoms with Crippen LogP contribution in [0.2, 0.25) is 0 Å². The second-order valence-electron chi connectivity index (χ2n) is 5.63. The number of carbonyl (C=O) groups excluding carboxylic acids is 1. The lowest BCUT2D eigenvalue weighted by atomic mass is 10.1. The maximum Gasteiger partial charge on any atom is 0.242 e. The van der Waals surface area contributed by atoms with Gasteiger partial charge >= 0.3 is 0 Å². The van der Waals surface area contributed by atoms with Crippen LogP contribution in [0.5, 0.6) is 0 Å². The van der Waals surface area contributed by atoms with E-state index in [4.69, 9.17) is 0 Å². The Labute approximate surface area is 123 Å². The predicted molar refractivity (Wildman–Crippen MR) is 85.9 cm³/mol. The average molecular weight is 276 g/mol. The van der Waals surface area contributed by atoms with Crippen LogP contribution in [0.15, 0.2) is 30.3 Å². The summed E-state index contributed by atoms with van der Waals surface area (Å²) in [6.07, 6.45) is 2.03. The molecule has 0 saturated heterocycles. The van der Waals surface area contributed by atoms with Crippen LogP contribution in [0, 0.1) is 5.92 Å². The molecule has 0 aromatic heterocycles. The first-order chi connectivity index (χ1) is 9.58. The molecule has 3 heteroatoms. The van der Waals surface area contributed by atoms with Crippen molar-refractivity contribution in [1.82, 2.24) is 4.90 Å². The number of anilines is 1. The number of nitrogens with zero attached hydrogens (tertiary/aromatic N) is 1. The van der Waals surface area contributed by atoms with Crippen molar-refractivity contribution in [3.63, 3.8) is 0 Å². The summed E-state index contributed by atoms with van der Waals surface area (Å²) in [5.41, 5.74) is 0.995. The number of rotatable bonds is 8. The van der Waals surface area contributed by atoms with Crippen LogP contribution in [0.1, 0.15) is 40.5 Å². The van der Waals surface area contributed by atoms with Gasteiger partial charge in [0, 0.05) is 18.3 Å². The highest BCUT2D eigenvalue weighted by Crippen LogP contribution is 2.12. The summed E-state index contributed by atoms with van der Waals surface area (Å²) in [7, 11) is 0. The first kappa shape index (κ1) is 16.5. The van der Waals surface area contributed by atoms with Gasteiger partial charge < -0.3 is 10.2 Å². The van der Waals surface area contributed by atoms with E-state index in [-0.39, 0.29) is 5.91 Å². The summed E-state index contributed by atoms with van der Waals surface area (Å²) in [5.74, 6) is 0.688. The van der Waals surface area contributed by atoms with Crippen molar-refractivity contribution in [2.24, 2.45) is 5.92 Å². The summed E-state index contributed by atoms with van der Waals surface area (Å²) in [4.78, 5) is 14.5. The summed E-state index contributed by atoms with van der Waals surface area (Å²) in [5, 5.41) is 3.21. The minimum Gasteiger partial charge on any atom is -0.376 e. The number of hydrogen-bond donors (Lipinski definition) is 1. The first-order valence-electron chi connectivity index (χ1n) is 7.66. The van der Waals surface area contributed by atoms with Gasteiger partial charge in [-0.1, -0.05) is 45.9 Å². The molecular weight excluding hydrogens is 248 g/mol. The Kier molecular flexibility index (Phi) is 7.13. The van der Waals surface area contributed by atoms with Crippen LogP contribution >= 0.6 is 0 Å². The number of nitrogens with one attached hydrogen (secondary N) is 1. The van der Waals surface area contributed by atoms with E-state index in [9.17, 15) is 4.79 Å². The van der Waals surface area contributed by atoms with E-state index in [0.29, 0.717) is 18.5 Å². The Balaban J connectivity index is 2.63. The minimum absolute atomic E-state index is 0.191. The fourth-order valence-corrected chi connectivity index (χ4v) is 2.41. The highest BCUT2D eigenvalue weighted by molar-refractivity contribution is 5.81. The van der Waals surface area contributed by atoms with Gasteiger partial charge in [-0.3, -0.25) is 4.79 Å². The van der Waals surface area contributed by atoms with Crippen LogP contribution in [0.25, 0.3) is 0 Å². The van der Waals surface area contributed by atoms with Gasteiger partial charge in [0.25, 0.3) is 0 Å². The van der Waals surface area contributed by atoms with Gasteiger partial charge in [-0.15, -0.1) is 0 Å². The lowest BCUT2D eigenvalue weighted by molar-refractivity contribution is -0.132. The SMILES string of the molecule is CCC(CC)N(CC(C)C)C(=O)CNc1ccccc1. The molecule has 0 heterocycles. The van der Waals surface area contributed by atoms with Crippen molar-refractivity contribution in [2.75, 3.05) is 18.4 Å². The molecule has 1 amide bonds. The third-order valence-electron chi connectivity index (χ3n) is 3.48. The molecule has 0 radical (unpaired) electrons. The van der Waals surface area contributed by atoms with Crippen LogP contribution in [0.4, 0.5) is 5.69 Å². The van der Waals surface area contributed by atoms with Crippen molar-refractivity contribution in [3.8, 4) is 0 Å². The summed E-state index contributed by atoms with van der Waals surface area (Å²) in [6.45, 7) is 9.83. The second kappa shape index (κ2) is 8.62. The molecule has 0 saturated carbocycles. The molecule has 0 fully saturated rings. The fourth-order valence-electron chi connectivity index (χ4n) is 2.41. The van der Waals surface area contributed by atoms with Gasteiger partial charge in [0.15, 0.2) is 0 Å². The van der Waals surface area contributed by atoms with Crippen LogP contribution in [-0.4, -0.2) is 29.9 Å². The molecule has 0 aliphatic carbocycles. The van der Waals surface area contributed by atoms with Crippen LogP contribution in [-0.2, 0) is 4.79 Å². The number of para-hydroxylation sites is 1. The molecule has 1 aromatic carbocycles. The van der Waals surface area contributed by atoms with E-state index in [2.05, 4.69) is 33.0 Å². The number of amides is 1. The van der Waals surface area contributed by atoms with Gasteiger partial charge in [-0.25, -0.2) is 0 Å². The van der Waals surface area contributed by atoms with E-state index in [1.54, 1.807) is 0 Å². The Morgan fingerprint density at radius 3 is 2.25 bits per heavy atom. The topological polar surface area (TPSA) is 32.3 Å². The van der Waals surface area contributed by atoms with Gasteiger partial charge in [-0.2, -0.15) is 0 Å². The maximum atomic E-state index is 12.5. The molecule has 20 heavy (non-hydrogen) atoms.